The molecule has 0 saturated carbocycles. The van der Waals surface area contributed by atoms with E-state index in [1.165, 1.54) is 11.1 Å². The largest absolute Gasteiger partial charge is 0.309 e. The van der Waals surface area contributed by atoms with Crippen molar-refractivity contribution in [2.24, 2.45) is 0 Å². The highest BCUT2D eigenvalue weighted by molar-refractivity contribution is 7.87. The summed E-state index contributed by atoms with van der Waals surface area (Å²) in [5.74, 6) is 0.624. The van der Waals surface area contributed by atoms with Gasteiger partial charge in [-0.15, -0.1) is 11.3 Å². The highest BCUT2D eigenvalue weighted by Gasteiger charge is 2.17. The summed E-state index contributed by atoms with van der Waals surface area (Å²) >= 11 is 1.56. The molecule has 0 spiro atoms. The second-order valence-corrected chi connectivity index (χ2v) is 7.08. The van der Waals surface area contributed by atoms with Gasteiger partial charge >= 0.3 is 0 Å². The van der Waals surface area contributed by atoms with Crippen LogP contribution in [0.15, 0.2) is 46.0 Å². The fraction of sp³-hybridized carbons (Fsp3) is 0.333. The number of aryl methyl sites for hydroxylation is 1. The minimum atomic E-state index is -0.937. The van der Waals surface area contributed by atoms with E-state index in [-0.39, 0.29) is 6.04 Å². The molecule has 0 amide bonds. The summed E-state index contributed by atoms with van der Waals surface area (Å²) in [7, 11) is -0.937. The van der Waals surface area contributed by atoms with Crippen molar-refractivity contribution in [2.45, 2.75) is 24.1 Å². The number of benzene rings is 1. The minimum absolute atomic E-state index is 0.147. The topological polar surface area (TPSA) is 29.1 Å². The molecule has 4 heteroatoms. The first-order valence-electron chi connectivity index (χ1n) is 6.43. The summed E-state index contributed by atoms with van der Waals surface area (Å²) < 4.78 is 13.3. The minimum Gasteiger partial charge on any atom is -0.309 e. The fourth-order valence-electron chi connectivity index (χ4n) is 2.11. The number of nitrogens with one attached hydrogen (secondary N) is 1. The Morgan fingerprint density at radius 3 is 2.68 bits per heavy atom. The lowest BCUT2D eigenvalue weighted by molar-refractivity contribution is 0.592. The fourth-order valence-corrected chi connectivity index (χ4v) is 4.35. The zero-order chi connectivity index (χ0) is 13.7. The van der Waals surface area contributed by atoms with E-state index in [4.69, 9.17) is 0 Å². The van der Waals surface area contributed by atoms with E-state index in [9.17, 15) is 4.21 Å². The van der Waals surface area contributed by atoms with E-state index >= 15 is 0 Å². The van der Waals surface area contributed by atoms with Gasteiger partial charge in [0.05, 0.1) is 15.0 Å². The summed E-state index contributed by atoms with van der Waals surface area (Å²) in [4.78, 5) is 0. The zero-order valence-corrected chi connectivity index (χ0v) is 12.9. The summed E-state index contributed by atoms with van der Waals surface area (Å²) in [6.07, 6.45) is 0. The van der Waals surface area contributed by atoms with Crippen LogP contribution in [0, 0.1) is 6.92 Å². The van der Waals surface area contributed by atoms with Gasteiger partial charge in [0.2, 0.25) is 0 Å². The van der Waals surface area contributed by atoms with Crippen LogP contribution >= 0.6 is 11.3 Å². The second kappa shape index (κ2) is 6.98. The molecule has 2 rings (SSSR count). The first-order valence-corrected chi connectivity index (χ1v) is 8.63. The van der Waals surface area contributed by atoms with E-state index in [1.807, 2.05) is 29.6 Å². The van der Waals surface area contributed by atoms with Crippen LogP contribution < -0.4 is 5.32 Å². The molecule has 1 aromatic carbocycles. The molecule has 19 heavy (non-hydrogen) atoms. The Morgan fingerprint density at radius 1 is 1.26 bits per heavy atom. The van der Waals surface area contributed by atoms with E-state index < -0.39 is 10.8 Å². The average Bonchev–Trinajstić information content (AvgIpc) is 2.93. The van der Waals surface area contributed by atoms with Gasteiger partial charge in [0, 0.05) is 11.8 Å². The van der Waals surface area contributed by atoms with Gasteiger partial charge in [-0.05, 0) is 36.0 Å². The SMILES string of the molecule is CCNC(CS(=O)c1cccs1)c1ccccc1C. The lowest BCUT2D eigenvalue weighted by atomic mass is 10.0. The smallest absolute Gasteiger partial charge is 0.0911 e. The molecule has 2 atom stereocenters. The van der Waals surface area contributed by atoms with Gasteiger partial charge in [-0.1, -0.05) is 37.3 Å². The van der Waals surface area contributed by atoms with Crippen molar-refractivity contribution in [1.29, 1.82) is 0 Å². The standard InChI is InChI=1S/C15H19NOS2/c1-3-16-14(13-8-5-4-7-12(13)2)11-19(17)15-9-6-10-18-15/h4-10,14,16H,3,11H2,1-2H3. The first-order chi connectivity index (χ1) is 9.22. The molecule has 0 aliphatic rings. The predicted molar refractivity (Wildman–Crippen MR) is 83.2 cm³/mol. The van der Waals surface area contributed by atoms with Gasteiger partial charge in [0.1, 0.15) is 0 Å². The molecule has 0 radical (unpaired) electrons. The van der Waals surface area contributed by atoms with Crippen LogP contribution in [0.5, 0.6) is 0 Å². The lowest BCUT2D eigenvalue weighted by Crippen LogP contribution is -2.26. The van der Waals surface area contributed by atoms with Crippen LogP contribution in [0.25, 0.3) is 0 Å². The third-order valence-corrected chi connectivity index (χ3v) is 5.78. The molecule has 2 unspecified atom stereocenters. The van der Waals surface area contributed by atoms with Gasteiger partial charge < -0.3 is 5.32 Å². The van der Waals surface area contributed by atoms with Crippen molar-refractivity contribution in [1.82, 2.24) is 5.32 Å². The second-order valence-electron chi connectivity index (χ2n) is 4.41. The van der Waals surface area contributed by atoms with Crippen LogP contribution in [0.3, 0.4) is 0 Å². The Hall–Kier alpha value is -0.970. The Morgan fingerprint density at radius 2 is 2.05 bits per heavy atom. The molecule has 1 aromatic heterocycles. The number of hydrogen-bond donors (Lipinski definition) is 1. The summed E-state index contributed by atoms with van der Waals surface area (Å²) in [6, 6.07) is 12.4. The molecule has 0 saturated heterocycles. The van der Waals surface area contributed by atoms with Crippen molar-refractivity contribution in [3.8, 4) is 0 Å². The molecule has 0 aliphatic heterocycles. The molecule has 0 aliphatic carbocycles. The third-order valence-electron chi connectivity index (χ3n) is 3.05. The number of hydrogen-bond acceptors (Lipinski definition) is 3. The molecule has 102 valence electrons. The van der Waals surface area contributed by atoms with Crippen LogP contribution in [0.4, 0.5) is 0 Å². The Bertz CT molecular complexity index is 537. The van der Waals surface area contributed by atoms with Crippen molar-refractivity contribution in [3.05, 3.63) is 52.9 Å². The molecule has 2 aromatic rings. The average molecular weight is 293 g/mol. The summed E-state index contributed by atoms with van der Waals surface area (Å²) in [5, 5.41) is 5.42. The normalized spacial score (nSPS) is 14.2. The van der Waals surface area contributed by atoms with Crippen molar-refractivity contribution >= 4 is 22.1 Å². The lowest BCUT2D eigenvalue weighted by Gasteiger charge is -2.19. The predicted octanol–water partition coefficient (Wildman–Crippen LogP) is 3.51. The first kappa shape index (κ1) is 14.4. The number of thiophene rings is 1. The van der Waals surface area contributed by atoms with Crippen molar-refractivity contribution in [2.75, 3.05) is 12.3 Å². The molecular formula is C15H19NOS2. The van der Waals surface area contributed by atoms with E-state index in [2.05, 4.69) is 31.3 Å². The van der Waals surface area contributed by atoms with Crippen LogP contribution in [-0.2, 0) is 10.8 Å². The molecule has 0 bridgehead atoms. The van der Waals surface area contributed by atoms with E-state index in [0.29, 0.717) is 5.75 Å². The Labute approximate surface area is 121 Å². The van der Waals surface area contributed by atoms with Crippen LogP contribution in [0.2, 0.25) is 0 Å². The van der Waals surface area contributed by atoms with Crippen LogP contribution in [0.1, 0.15) is 24.1 Å². The van der Waals surface area contributed by atoms with Gasteiger partial charge in [-0.3, -0.25) is 4.21 Å². The Kier molecular flexibility index (Phi) is 5.31. The molecule has 1 N–H and O–H groups in total. The molecule has 2 nitrogen and oxygen atoms in total. The van der Waals surface area contributed by atoms with Crippen LogP contribution in [-0.4, -0.2) is 16.5 Å². The summed E-state index contributed by atoms with van der Waals surface area (Å²) in [6.45, 7) is 5.06. The summed E-state index contributed by atoms with van der Waals surface area (Å²) in [5.41, 5.74) is 2.49. The monoisotopic (exact) mass is 293 g/mol. The molecule has 1 heterocycles. The van der Waals surface area contributed by atoms with Gasteiger partial charge in [0.25, 0.3) is 0 Å². The highest BCUT2D eigenvalue weighted by atomic mass is 32.2. The van der Waals surface area contributed by atoms with Crippen molar-refractivity contribution < 1.29 is 4.21 Å². The third kappa shape index (κ3) is 3.75. The van der Waals surface area contributed by atoms with Gasteiger partial charge in [-0.2, -0.15) is 0 Å². The van der Waals surface area contributed by atoms with Gasteiger partial charge in [-0.25, -0.2) is 0 Å². The quantitative estimate of drug-likeness (QED) is 0.883. The van der Waals surface area contributed by atoms with E-state index in [1.54, 1.807) is 11.3 Å². The maximum absolute atomic E-state index is 12.4. The maximum Gasteiger partial charge on any atom is 0.0911 e. The number of rotatable bonds is 6. The molecular weight excluding hydrogens is 274 g/mol. The maximum atomic E-state index is 12.4. The van der Waals surface area contributed by atoms with Crippen molar-refractivity contribution in [3.63, 3.8) is 0 Å². The van der Waals surface area contributed by atoms with E-state index in [0.717, 1.165) is 10.8 Å². The Balaban J connectivity index is 2.17. The zero-order valence-electron chi connectivity index (χ0n) is 11.3. The van der Waals surface area contributed by atoms with Gasteiger partial charge in [0.15, 0.2) is 0 Å². The highest BCUT2D eigenvalue weighted by Crippen LogP contribution is 2.22. The molecule has 0 fully saturated rings.